The summed E-state index contributed by atoms with van der Waals surface area (Å²) in [5.74, 6) is 0.338. The summed E-state index contributed by atoms with van der Waals surface area (Å²) in [5.41, 5.74) is 1.36. The van der Waals surface area contributed by atoms with Crippen LogP contribution < -0.4 is 10.9 Å². The lowest BCUT2D eigenvalue weighted by Crippen LogP contribution is -2.32. The number of hydrogen-bond donors (Lipinski definition) is 1. The van der Waals surface area contributed by atoms with Crippen molar-refractivity contribution in [3.05, 3.63) is 71.2 Å². The van der Waals surface area contributed by atoms with Crippen LogP contribution in [0.4, 0.5) is 0 Å². The van der Waals surface area contributed by atoms with Crippen molar-refractivity contribution in [3.63, 3.8) is 0 Å². The molecule has 138 valence electrons. The number of rotatable bonds is 6. The van der Waals surface area contributed by atoms with Gasteiger partial charge in [-0.25, -0.2) is 14.5 Å². The van der Waals surface area contributed by atoms with Crippen molar-refractivity contribution in [2.75, 3.05) is 6.54 Å². The summed E-state index contributed by atoms with van der Waals surface area (Å²) in [7, 11) is 0. The first-order valence-corrected chi connectivity index (χ1v) is 9.39. The average Bonchev–Trinajstić information content (AvgIpc) is 2.66. The van der Waals surface area contributed by atoms with Gasteiger partial charge in [-0.3, -0.25) is 9.59 Å². The average molecular weight is 380 g/mol. The van der Waals surface area contributed by atoms with Crippen molar-refractivity contribution in [3.8, 4) is 5.82 Å². The van der Waals surface area contributed by atoms with Gasteiger partial charge in [-0.05, 0) is 43.7 Å². The molecule has 2 heterocycles. The number of carbonyl (C=O) groups excluding carboxylic acids is 1. The van der Waals surface area contributed by atoms with Crippen molar-refractivity contribution in [1.29, 1.82) is 0 Å². The van der Waals surface area contributed by atoms with E-state index < -0.39 is 5.25 Å². The third kappa shape index (κ3) is 4.09. The fourth-order valence-electron chi connectivity index (χ4n) is 2.56. The minimum absolute atomic E-state index is 0.147. The van der Waals surface area contributed by atoms with E-state index in [1.807, 2.05) is 25.1 Å². The number of hydrogen-bond acceptors (Lipinski definition) is 5. The molecule has 0 aliphatic rings. The highest BCUT2D eigenvalue weighted by Gasteiger charge is 2.20. The van der Waals surface area contributed by atoms with E-state index in [-0.39, 0.29) is 11.5 Å². The first-order chi connectivity index (χ1) is 13.0. The molecule has 0 bridgehead atoms. The summed E-state index contributed by atoms with van der Waals surface area (Å²) in [6.07, 6.45) is 3.27. The van der Waals surface area contributed by atoms with Gasteiger partial charge in [0.15, 0.2) is 5.16 Å². The van der Waals surface area contributed by atoms with Crippen LogP contribution in [0.1, 0.15) is 12.5 Å². The number of pyridine rings is 1. The number of benzene rings is 1. The zero-order valence-electron chi connectivity index (χ0n) is 15.2. The van der Waals surface area contributed by atoms with E-state index in [0.29, 0.717) is 28.4 Å². The number of amides is 1. The summed E-state index contributed by atoms with van der Waals surface area (Å²) in [6.45, 7) is 7.70. The van der Waals surface area contributed by atoms with Gasteiger partial charge in [0.1, 0.15) is 5.82 Å². The molecule has 0 aliphatic heterocycles. The van der Waals surface area contributed by atoms with Crippen LogP contribution in [-0.2, 0) is 4.79 Å². The molecule has 2 aromatic heterocycles. The van der Waals surface area contributed by atoms with Crippen LogP contribution >= 0.6 is 11.8 Å². The van der Waals surface area contributed by atoms with Gasteiger partial charge in [0.2, 0.25) is 5.91 Å². The highest BCUT2D eigenvalue weighted by Crippen LogP contribution is 2.24. The Morgan fingerprint density at radius 2 is 2.15 bits per heavy atom. The SMILES string of the molecule is C=CCNC(=O)C(C)Sc1nc2ccccc2c(=O)n1-c1cc(C)ccn1. The number of thioether (sulfide) groups is 1. The molecule has 3 rings (SSSR count). The number of aromatic nitrogens is 3. The fraction of sp³-hybridized carbons (Fsp3) is 0.200. The molecule has 0 saturated heterocycles. The summed E-state index contributed by atoms with van der Waals surface area (Å²) >= 11 is 1.22. The first-order valence-electron chi connectivity index (χ1n) is 8.51. The quantitative estimate of drug-likeness (QED) is 0.404. The Hall–Kier alpha value is -2.93. The monoisotopic (exact) mass is 380 g/mol. The zero-order valence-corrected chi connectivity index (χ0v) is 16.0. The number of carbonyl (C=O) groups is 1. The maximum absolute atomic E-state index is 13.1. The van der Waals surface area contributed by atoms with E-state index in [0.717, 1.165) is 5.56 Å². The topological polar surface area (TPSA) is 76.9 Å². The second-order valence-electron chi connectivity index (χ2n) is 6.04. The van der Waals surface area contributed by atoms with Crippen LogP contribution in [0.15, 0.2) is 65.2 Å². The van der Waals surface area contributed by atoms with Gasteiger partial charge < -0.3 is 5.32 Å². The highest BCUT2D eigenvalue weighted by atomic mass is 32.2. The maximum atomic E-state index is 13.1. The molecule has 1 aromatic carbocycles. The van der Waals surface area contributed by atoms with Crippen LogP contribution in [0.2, 0.25) is 0 Å². The van der Waals surface area contributed by atoms with E-state index in [9.17, 15) is 9.59 Å². The standard InChI is InChI=1S/C20H20N4O2S/c1-4-10-22-18(25)14(3)27-20-23-16-8-6-5-7-15(16)19(26)24(20)17-12-13(2)9-11-21-17/h4-9,11-12,14H,1,10H2,2-3H3,(H,22,25). The molecule has 0 saturated carbocycles. The van der Waals surface area contributed by atoms with E-state index in [4.69, 9.17) is 0 Å². The third-order valence-electron chi connectivity index (χ3n) is 3.95. The summed E-state index contributed by atoms with van der Waals surface area (Å²) in [4.78, 5) is 34.4. The Balaban J connectivity index is 2.12. The summed E-state index contributed by atoms with van der Waals surface area (Å²) in [5, 5.41) is 3.26. The molecule has 7 heteroatoms. The molecule has 27 heavy (non-hydrogen) atoms. The predicted octanol–water partition coefficient (Wildman–Crippen LogP) is 2.87. The molecule has 1 N–H and O–H groups in total. The van der Waals surface area contributed by atoms with Gasteiger partial charge in [-0.15, -0.1) is 6.58 Å². The summed E-state index contributed by atoms with van der Waals surface area (Å²) in [6, 6.07) is 10.9. The molecule has 1 amide bonds. The molecule has 1 unspecified atom stereocenters. The van der Waals surface area contributed by atoms with Crippen LogP contribution in [0, 0.1) is 6.92 Å². The number of para-hydroxylation sites is 1. The molecular formula is C20H20N4O2S. The Labute approximate surface area is 161 Å². The van der Waals surface area contributed by atoms with Gasteiger partial charge in [0.05, 0.1) is 16.2 Å². The zero-order chi connectivity index (χ0) is 19.4. The van der Waals surface area contributed by atoms with Gasteiger partial charge in [0.25, 0.3) is 5.56 Å². The van der Waals surface area contributed by atoms with Crippen LogP contribution in [0.25, 0.3) is 16.7 Å². The van der Waals surface area contributed by atoms with Crippen LogP contribution in [0.3, 0.4) is 0 Å². The lowest BCUT2D eigenvalue weighted by atomic mass is 10.2. The third-order valence-corrected chi connectivity index (χ3v) is 5.00. The number of nitrogens with zero attached hydrogens (tertiary/aromatic N) is 3. The first kappa shape index (κ1) is 18.8. The highest BCUT2D eigenvalue weighted by molar-refractivity contribution is 8.00. The molecule has 3 aromatic rings. The van der Waals surface area contributed by atoms with Crippen molar-refractivity contribution in [2.24, 2.45) is 0 Å². The van der Waals surface area contributed by atoms with E-state index >= 15 is 0 Å². The van der Waals surface area contributed by atoms with Gasteiger partial charge in [-0.1, -0.05) is 30.0 Å². The van der Waals surface area contributed by atoms with Crippen LogP contribution in [0.5, 0.6) is 0 Å². The van der Waals surface area contributed by atoms with Gasteiger partial charge in [0, 0.05) is 12.7 Å². The Morgan fingerprint density at radius 1 is 1.37 bits per heavy atom. The molecule has 0 fully saturated rings. The Kier molecular flexibility index (Phi) is 5.71. The van der Waals surface area contributed by atoms with Crippen molar-refractivity contribution >= 4 is 28.6 Å². The van der Waals surface area contributed by atoms with Crippen molar-refractivity contribution < 1.29 is 4.79 Å². The molecule has 6 nitrogen and oxygen atoms in total. The predicted molar refractivity (Wildman–Crippen MR) is 108 cm³/mol. The Morgan fingerprint density at radius 3 is 2.89 bits per heavy atom. The second kappa shape index (κ2) is 8.18. The fourth-order valence-corrected chi connectivity index (χ4v) is 3.50. The smallest absolute Gasteiger partial charge is 0.267 e. The maximum Gasteiger partial charge on any atom is 0.267 e. The van der Waals surface area contributed by atoms with E-state index in [2.05, 4.69) is 21.9 Å². The van der Waals surface area contributed by atoms with Crippen molar-refractivity contribution in [1.82, 2.24) is 19.9 Å². The van der Waals surface area contributed by atoms with Crippen LogP contribution in [-0.4, -0.2) is 32.2 Å². The lowest BCUT2D eigenvalue weighted by molar-refractivity contribution is -0.120. The number of fused-ring (bicyclic) bond motifs is 1. The Bertz CT molecular complexity index is 1060. The minimum Gasteiger partial charge on any atom is -0.352 e. The normalized spacial score (nSPS) is 11.9. The lowest BCUT2D eigenvalue weighted by Gasteiger charge is -2.15. The molecular weight excluding hydrogens is 360 g/mol. The van der Waals surface area contributed by atoms with Gasteiger partial charge in [-0.2, -0.15) is 0 Å². The number of nitrogens with one attached hydrogen (secondary N) is 1. The molecule has 1 atom stereocenters. The summed E-state index contributed by atoms with van der Waals surface area (Å²) < 4.78 is 1.47. The number of aryl methyl sites for hydroxylation is 1. The van der Waals surface area contributed by atoms with E-state index in [1.54, 1.807) is 37.4 Å². The molecule has 0 spiro atoms. The minimum atomic E-state index is -0.436. The largest absolute Gasteiger partial charge is 0.352 e. The molecule has 0 radical (unpaired) electrons. The second-order valence-corrected chi connectivity index (χ2v) is 7.35. The van der Waals surface area contributed by atoms with Crippen molar-refractivity contribution in [2.45, 2.75) is 24.3 Å². The van der Waals surface area contributed by atoms with E-state index in [1.165, 1.54) is 16.3 Å². The molecule has 0 aliphatic carbocycles. The van der Waals surface area contributed by atoms with Gasteiger partial charge >= 0.3 is 0 Å².